The van der Waals surface area contributed by atoms with Gasteiger partial charge in [0, 0.05) is 5.56 Å². The van der Waals surface area contributed by atoms with Gasteiger partial charge in [-0.25, -0.2) is 4.79 Å². The van der Waals surface area contributed by atoms with E-state index in [0.29, 0.717) is 5.02 Å². The zero-order chi connectivity index (χ0) is 14.8. The molecule has 0 spiro atoms. The lowest BCUT2D eigenvalue weighted by molar-refractivity contribution is -0.142. The van der Waals surface area contributed by atoms with Gasteiger partial charge in [-0.15, -0.1) is 0 Å². The van der Waals surface area contributed by atoms with Gasteiger partial charge < -0.3 is 16.2 Å². The Kier molecular flexibility index (Phi) is 4.42. The molecule has 0 unspecified atom stereocenters. The molecule has 0 aromatic heterocycles. The van der Waals surface area contributed by atoms with Crippen LogP contribution in [0.5, 0.6) is 0 Å². The number of hydrogen-bond donors (Lipinski definition) is 3. The van der Waals surface area contributed by atoms with Gasteiger partial charge in [-0.3, -0.25) is 4.79 Å². The van der Waals surface area contributed by atoms with Crippen molar-refractivity contribution in [1.29, 1.82) is 0 Å². The SMILES string of the molecule is CC(C)(C)[C@H](NC(=O)c1ccc(Cl)c(N)c1)C(=O)O. The van der Waals surface area contributed by atoms with Gasteiger partial charge in [0.15, 0.2) is 0 Å². The van der Waals surface area contributed by atoms with Gasteiger partial charge in [-0.05, 0) is 23.6 Å². The Balaban J connectivity index is 2.94. The number of benzene rings is 1. The average molecular weight is 285 g/mol. The molecule has 1 aromatic carbocycles. The fraction of sp³-hybridized carbons (Fsp3) is 0.385. The Morgan fingerprint density at radius 1 is 1.37 bits per heavy atom. The Morgan fingerprint density at radius 2 is 1.95 bits per heavy atom. The lowest BCUT2D eigenvalue weighted by atomic mass is 9.86. The van der Waals surface area contributed by atoms with Crippen LogP contribution in [0.4, 0.5) is 5.69 Å². The lowest BCUT2D eigenvalue weighted by Crippen LogP contribution is -2.49. The Labute approximate surface area is 116 Å². The number of carbonyl (C=O) groups is 2. The van der Waals surface area contributed by atoms with Crippen molar-refractivity contribution in [3.05, 3.63) is 28.8 Å². The maximum Gasteiger partial charge on any atom is 0.326 e. The Bertz CT molecular complexity index is 509. The number of nitrogens with two attached hydrogens (primary N) is 1. The molecule has 1 rings (SSSR count). The molecular weight excluding hydrogens is 268 g/mol. The molecule has 1 amide bonds. The first kappa shape index (κ1) is 15.3. The number of amides is 1. The first-order valence-electron chi connectivity index (χ1n) is 5.71. The summed E-state index contributed by atoms with van der Waals surface area (Å²) in [5.41, 5.74) is 5.56. The van der Waals surface area contributed by atoms with Crippen molar-refractivity contribution in [3.8, 4) is 0 Å². The van der Waals surface area contributed by atoms with Crippen LogP contribution in [0.15, 0.2) is 18.2 Å². The summed E-state index contributed by atoms with van der Waals surface area (Å²) < 4.78 is 0. The molecule has 104 valence electrons. The minimum Gasteiger partial charge on any atom is -0.480 e. The van der Waals surface area contributed by atoms with Crippen LogP contribution in [0.1, 0.15) is 31.1 Å². The van der Waals surface area contributed by atoms with Crippen LogP contribution in [0.3, 0.4) is 0 Å². The third kappa shape index (κ3) is 3.86. The Morgan fingerprint density at radius 3 is 2.37 bits per heavy atom. The third-order valence-electron chi connectivity index (χ3n) is 2.65. The number of anilines is 1. The van der Waals surface area contributed by atoms with Gasteiger partial charge in [0.05, 0.1) is 10.7 Å². The number of hydrogen-bond acceptors (Lipinski definition) is 3. The van der Waals surface area contributed by atoms with E-state index < -0.39 is 23.3 Å². The minimum absolute atomic E-state index is 0.275. The maximum atomic E-state index is 12.0. The van der Waals surface area contributed by atoms with Crippen LogP contribution in [-0.2, 0) is 4.79 Å². The predicted molar refractivity (Wildman–Crippen MR) is 74.2 cm³/mol. The average Bonchev–Trinajstić information content (AvgIpc) is 2.27. The summed E-state index contributed by atoms with van der Waals surface area (Å²) in [5, 5.41) is 12.0. The molecule has 0 aliphatic carbocycles. The van der Waals surface area contributed by atoms with Crippen molar-refractivity contribution in [2.24, 2.45) is 5.41 Å². The van der Waals surface area contributed by atoms with Crippen LogP contribution in [-0.4, -0.2) is 23.0 Å². The zero-order valence-electron chi connectivity index (χ0n) is 11.0. The van der Waals surface area contributed by atoms with Gasteiger partial charge in [0.2, 0.25) is 0 Å². The number of nitrogens with one attached hydrogen (secondary N) is 1. The van der Waals surface area contributed by atoms with Crippen LogP contribution in [0.25, 0.3) is 0 Å². The summed E-state index contributed by atoms with van der Waals surface area (Å²) in [6.07, 6.45) is 0. The summed E-state index contributed by atoms with van der Waals surface area (Å²) in [6, 6.07) is 3.42. The van der Waals surface area contributed by atoms with Gasteiger partial charge in [0.25, 0.3) is 5.91 Å². The second-order valence-electron chi connectivity index (χ2n) is 5.35. The molecule has 0 bridgehead atoms. The van der Waals surface area contributed by atoms with E-state index in [2.05, 4.69) is 5.32 Å². The fourth-order valence-corrected chi connectivity index (χ4v) is 1.67. The second-order valence-corrected chi connectivity index (χ2v) is 5.75. The molecule has 0 fully saturated rings. The van der Waals surface area contributed by atoms with E-state index >= 15 is 0 Å². The van der Waals surface area contributed by atoms with Gasteiger partial charge in [-0.2, -0.15) is 0 Å². The number of rotatable bonds is 3. The molecule has 0 aliphatic heterocycles. The fourth-order valence-electron chi connectivity index (χ4n) is 1.55. The van der Waals surface area contributed by atoms with Crippen molar-refractivity contribution in [1.82, 2.24) is 5.32 Å². The summed E-state index contributed by atoms with van der Waals surface area (Å²) in [5.74, 6) is -1.58. The van der Waals surface area contributed by atoms with Crippen LogP contribution < -0.4 is 11.1 Å². The van der Waals surface area contributed by atoms with Gasteiger partial charge >= 0.3 is 5.97 Å². The minimum atomic E-state index is -1.08. The van der Waals surface area contributed by atoms with Crippen molar-refractivity contribution in [3.63, 3.8) is 0 Å². The number of nitrogen functional groups attached to an aromatic ring is 1. The zero-order valence-corrected chi connectivity index (χ0v) is 11.8. The maximum absolute atomic E-state index is 12.0. The lowest BCUT2D eigenvalue weighted by Gasteiger charge is -2.27. The molecule has 0 aliphatic rings. The molecule has 19 heavy (non-hydrogen) atoms. The molecule has 4 N–H and O–H groups in total. The summed E-state index contributed by atoms with van der Waals surface area (Å²) in [4.78, 5) is 23.2. The van der Waals surface area contributed by atoms with Gasteiger partial charge in [-0.1, -0.05) is 32.4 Å². The van der Waals surface area contributed by atoms with Gasteiger partial charge in [0.1, 0.15) is 6.04 Å². The van der Waals surface area contributed by atoms with E-state index in [9.17, 15) is 9.59 Å². The highest BCUT2D eigenvalue weighted by Crippen LogP contribution is 2.22. The third-order valence-corrected chi connectivity index (χ3v) is 2.99. The van der Waals surface area contributed by atoms with Crippen LogP contribution in [0, 0.1) is 5.41 Å². The summed E-state index contributed by atoms with van der Waals surface area (Å²) >= 11 is 5.76. The molecule has 0 heterocycles. The van der Waals surface area contributed by atoms with Crippen LogP contribution in [0.2, 0.25) is 5.02 Å². The highest BCUT2D eigenvalue weighted by Gasteiger charge is 2.32. The molecule has 5 nitrogen and oxygen atoms in total. The summed E-state index contributed by atoms with van der Waals surface area (Å²) in [6.45, 7) is 5.22. The normalized spacial score (nSPS) is 12.8. The van der Waals surface area contributed by atoms with Crippen molar-refractivity contribution >= 4 is 29.2 Å². The molecule has 0 saturated heterocycles. The molecule has 6 heteroatoms. The monoisotopic (exact) mass is 284 g/mol. The Hall–Kier alpha value is -1.75. The number of carbonyl (C=O) groups excluding carboxylic acids is 1. The summed E-state index contributed by atoms with van der Waals surface area (Å²) in [7, 11) is 0. The van der Waals surface area contributed by atoms with E-state index in [4.69, 9.17) is 22.4 Å². The van der Waals surface area contributed by atoms with E-state index in [1.807, 2.05) is 0 Å². The standard InChI is InChI=1S/C13H17ClN2O3/c1-13(2,3)10(12(18)19)16-11(17)7-4-5-8(14)9(15)6-7/h4-6,10H,15H2,1-3H3,(H,16,17)(H,18,19)/t10-/m1/s1. The van der Waals surface area contributed by atoms with Crippen molar-refractivity contribution in [2.75, 3.05) is 5.73 Å². The number of halogens is 1. The van der Waals surface area contributed by atoms with Crippen molar-refractivity contribution in [2.45, 2.75) is 26.8 Å². The molecule has 0 saturated carbocycles. The number of aliphatic carboxylic acids is 1. The number of carboxylic acids is 1. The molecular formula is C13H17ClN2O3. The van der Waals surface area contributed by atoms with Crippen molar-refractivity contribution < 1.29 is 14.7 Å². The largest absolute Gasteiger partial charge is 0.480 e. The van der Waals surface area contributed by atoms with Crippen LogP contribution >= 0.6 is 11.6 Å². The highest BCUT2D eigenvalue weighted by atomic mass is 35.5. The predicted octanol–water partition coefficient (Wildman–Crippen LogP) is 2.15. The van der Waals surface area contributed by atoms with E-state index in [1.54, 1.807) is 20.8 Å². The van der Waals surface area contributed by atoms with E-state index in [0.717, 1.165) is 0 Å². The first-order valence-corrected chi connectivity index (χ1v) is 6.09. The molecule has 0 radical (unpaired) electrons. The molecule has 1 atom stereocenters. The second kappa shape index (κ2) is 5.48. The van der Waals surface area contributed by atoms with E-state index in [1.165, 1.54) is 18.2 Å². The quantitative estimate of drug-likeness (QED) is 0.742. The smallest absolute Gasteiger partial charge is 0.326 e. The number of carboxylic acid groups (broad SMARTS) is 1. The topological polar surface area (TPSA) is 92.4 Å². The first-order chi connectivity index (χ1) is 8.62. The van der Waals surface area contributed by atoms with E-state index in [-0.39, 0.29) is 11.3 Å². The highest BCUT2D eigenvalue weighted by molar-refractivity contribution is 6.33. The molecule has 1 aromatic rings.